The van der Waals surface area contributed by atoms with Crippen LogP contribution in [0, 0.1) is 11.7 Å². The summed E-state index contributed by atoms with van der Waals surface area (Å²) in [6, 6.07) is 6.63. The minimum absolute atomic E-state index is 0.0545. The lowest BCUT2D eigenvalue weighted by Gasteiger charge is -2.32. The Kier molecular flexibility index (Phi) is 6.78. The van der Waals surface area contributed by atoms with E-state index in [1.807, 2.05) is 12.1 Å². The van der Waals surface area contributed by atoms with Gasteiger partial charge in [0, 0.05) is 39.3 Å². The lowest BCUT2D eigenvalue weighted by Crippen LogP contribution is -2.45. The number of ether oxygens (including phenoxy) is 1. The van der Waals surface area contributed by atoms with Crippen LogP contribution in [0.25, 0.3) is 0 Å². The molecular weight excluding hydrogens is 321 g/mol. The van der Waals surface area contributed by atoms with Crippen molar-refractivity contribution in [2.75, 3.05) is 52.5 Å². The number of piperidine rings is 1. The minimum atomic E-state index is -0.208. The monoisotopic (exact) mass is 349 g/mol. The Morgan fingerprint density at radius 2 is 1.92 bits per heavy atom. The fourth-order valence-electron chi connectivity index (χ4n) is 3.57. The summed E-state index contributed by atoms with van der Waals surface area (Å²) in [5, 5.41) is 3.09. The maximum absolute atomic E-state index is 13.0. The predicted molar refractivity (Wildman–Crippen MR) is 94.7 cm³/mol. The van der Waals surface area contributed by atoms with Crippen molar-refractivity contribution in [3.05, 3.63) is 35.6 Å². The summed E-state index contributed by atoms with van der Waals surface area (Å²) < 4.78 is 18.3. The van der Waals surface area contributed by atoms with Crippen LogP contribution in [0.2, 0.25) is 0 Å². The van der Waals surface area contributed by atoms with Crippen LogP contribution < -0.4 is 5.32 Å². The first kappa shape index (κ1) is 18.3. The summed E-state index contributed by atoms with van der Waals surface area (Å²) in [7, 11) is 0. The molecule has 1 amide bonds. The molecule has 0 unspecified atom stereocenters. The van der Waals surface area contributed by atoms with E-state index in [9.17, 15) is 9.18 Å². The molecule has 2 fully saturated rings. The molecule has 25 heavy (non-hydrogen) atoms. The molecule has 1 aromatic carbocycles. The number of carbonyl (C=O) groups excluding carboxylic acids is 1. The normalized spacial score (nSPS) is 22.7. The van der Waals surface area contributed by atoms with E-state index in [1.165, 1.54) is 12.1 Å². The number of nitrogens with one attached hydrogen (secondary N) is 1. The lowest BCUT2D eigenvalue weighted by molar-refractivity contribution is -0.126. The van der Waals surface area contributed by atoms with E-state index in [0.29, 0.717) is 6.54 Å². The molecule has 138 valence electrons. The number of benzene rings is 1. The highest BCUT2D eigenvalue weighted by Crippen LogP contribution is 2.19. The number of rotatable bonds is 6. The van der Waals surface area contributed by atoms with Crippen molar-refractivity contribution in [2.24, 2.45) is 5.92 Å². The quantitative estimate of drug-likeness (QED) is 0.845. The van der Waals surface area contributed by atoms with Gasteiger partial charge in [-0.2, -0.15) is 0 Å². The highest BCUT2D eigenvalue weighted by molar-refractivity contribution is 5.78. The van der Waals surface area contributed by atoms with E-state index in [0.717, 1.165) is 70.9 Å². The SMILES string of the molecule is O=C(NCCN1CCOCC1)[C@H]1CCCN(Cc2ccc(F)cc2)C1. The Morgan fingerprint density at radius 1 is 1.16 bits per heavy atom. The van der Waals surface area contributed by atoms with Gasteiger partial charge in [-0.3, -0.25) is 14.6 Å². The van der Waals surface area contributed by atoms with Crippen LogP contribution in [0.4, 0.5) is 4.39 Å². The standard InChI is InChI=1S/C19H28FN3O2/c20-18-5-3-16(4-6-18)14-23-8-1-2-17(15-23)19(24)21-7-9-22-10-12-25-13-11-22/h3-6,17H,1-2,7-15H2,(H,21,24)/t17-/m0/s1. The molecule has 2 aliphatic rings. The molecule has 0 spiro atoms. The van der Waals surface area contributed by atoms with Crippen molar-refractivity contribution in [2.45, 2.75) is 19.4 Å². The average Bonchev–Trinajstić information content (AvgIpc) is 2.65. The Bertz CT molecular complexity index is 546. The first-order valence-corrected chi connectivity index (χ1v) is 9.25. The zero-order valence-corrected chi connectivity index (χ0v) is 14.8. The smallest absolute Gasteiger partial charge is 0.224 e. The van der Waals surface area contributed by atoms with Gasteiger partial charge in [-0.15, -0.1) is 0 Å². The van der Waals surface area contributed by atoms with Crippen LogP contribution in [0.1, 0.15) is 18.4 Å². The zero-order chi connectivity index (χ0) is 17.5. The van der Waals surface area contributed by atoms with Gasteiger partial charge in [0.05, 0.1) is 19.1 Å². The molecule has 0 aromatic heterocycles. The van der Waals surface area contributed by atoms with Crippen molar-refractivity contribution >= 4 is 5.91 Å². The number of likely N-dealkylation sites (tertiary alicyclic amines) is 1. The summed E-state index contributed by atoms with van der Waals surface area (Å²) in [6.07, 6.45) is 1.98. The Hall–Kier alpha value is -1.50. The van der Waals surface area contributed by atoms with Crippen molar-refractivity contribution in [3.63, 3.8) is 0 Å². The second kappa shape index (κ2) is 9.27. The molecule has 0 saturated carbocycles. The number of morpholine rings is 1. The molecule has 1 atom stereocenters. The first-order valence-electron chi connectivity index (χ1n) is 9.25. The van der Waals surface area contributed by atoms with E-state index in [4.69, 9.17) is 4.74 Å². The summed E-state index contributed by atoms with van der Waals surface area (Å²) in [5.74, 6) is 0.0101. The second-order valence-corrected chi connectivity index (χ2v) is 6.95. The van der Waals surface area contributed by atoms with Gasteiger partial charge in [0.1, 0.15) is 5.82 Å². The highest BCUT2D eigenvalue weighted by Gasteiger charge is 2.25. The Morgan fingerprint density at radius 3 is 2.68 bits per heavy atom. The highest BCUT2D eigenvalue weighted by atomic mass is 19.1. The van der Waals surface area contributed by atoms with Gasteiger partial charge in [-0.25, -0.2) is 4.39 Å². The molecule has 6 heteroatoms. The van der Waals surface area contributed by atoms with Crippen LogP contribution in [-0.4, -0.2) is 68.2 Å². The minimum Gasteiger partial charge on any atom is -0.379 e. The van der Waals surface area contributed by atoms with Crippen molar-refractivity contribution in [1.82, 2.24) is 15.1 Å². The van der Waals surface area contributed by atoms with Gasteiger partial charge < -0.3 is 10.1 Å². The fraction of sp³-hybridized carbons (Fsp3) is 0.632. The van der Waals surface area contributed by atoms with Gasteiger partial charge in [0.15, 0.2) is 0 Å². The van der Waals surface area contributed by atoms with Gasteiger partial charge in [0.25, 0.3) is 0 Å². The molecule has 0 aliphatic carbocycles. The van der Waals surface area contributed by atoms with Gasteiger partial charge in [-0.1, -0.05) is 12.1 Å². The van der Waals surface area contributed by atoms with Crippen LogP contribution >= 0.6 is 0 Å². The van der Waals surface area contributed by atoms with Crippen molar-refractivity contribution in [3.8, 4) is 0 Å². The van der Waals surface area contributed by atoms with E-state index in [-0.39, 0.29) is 17.6 Å². The van der Waals surface area contributed by atoms with Crippen LogP contribution in [-0.2, 0) is 16.1 Å². The first-order chi connectivity index (χ1) is 12.2. The number of carbonyl (C=O) groups is 1. The molecule has 0 bridgehead atoms. The molecule has 0 radical (unpaired) electrons. The molecular formula is C19H28FN3O2. The van der Waals surface area contributed by atoms with Gasteiger partial charge in [-0.05, 0) is 37.1 Å². The third-order valence-corrected chi connectivity index (χ3v) is 5.03. The molecule has 2 aliphatic heterocycles. The molecule has 1 aromatic rings. The van der Waals surface area contributed by atoms with Crippen LogP contribution in [0.3, 0.4) is 0 Å². The Labute approximate surface area is 149 Å². The van der Waals surface area contributed by atoms with E-state index in [1.54, 1.807) is 0 Å². The van der Waals surface area contributed by atoms with Gasteiger partial charge in [0.2, 0.25) is 5.91 Å². The Balaban J connectivity index is 1.40. The summed E-state index contributed by atoms with van der Waals surface area (Å²) in [5.41, 5.74) is 1.09. The lowest BCUT2D eigenvalue weighted by atomic mass is 9.96. The maximum Gasteiger partial charge on any atom is 0.224 e. The van der Waals surface area contributed by atoms with Crippen LogP contribution in [0.15, 0.2) is 24.3 Å². The second-order valence-electron chi connectivity index (χ2n) is 6.95. The van der Waals surface area contributed by atoms with Gasteiger partial charge >= 0.3 is 0 Å². The maximum atomic E-state index is 13.0. The van der Waals surface area contributed by atoms with Crippen LogP contribution in [0.5, 0.6) is 0 Å². The zero-order valence-electron chi connectivity index (χ0n) is 14.8. The third-order valence-electron chi connectivity index (χ3n) is 5.03. The molecule has 5 nitrogen and oxygen atoms in total. The molecule has 2 saturated heterocycles. The number of nitrogens with zero attached hydrogens (tertiary/aromatic N) is 2. The summed E-state index contributed by atoms with van der Waals surface area (Å²) in [4.78, 5) is 17.1. The largest absolute Gasteiger partial charge is 0.379 e. The number of halogens is 1. The number of hydrogen-bond donors (Lipinski definition) is 1. The van der Waals surface area contributed by atoms with Crippen molar-refractivity contribution in [1.29, 1.82) is 0 Å². The topological polar surface area (TPSA) is 44.8 Å². The van der Waals surface area contributed by atoms with Crippen molar-refractivity contribution < 1.29 is 13.9 Å². The van der Waals surface area contributed by atoms with E-state index < -0.39 is 0 Å². The predicted octanol–water partition coefficient (Wildman–Crippen LogP) is 1.49. The summed E-state index contributed by atoms with van der Waals surface area (Å²) in [6.45, 7) is 7.61. The number of hydrogen-bond acceptors (Lipinski definition) is 4. The fourth-order valence-corrected chi connectivity index (χ4v) is 3.57. The molecule has 3 rings (SSSR count). The van der Waals surface area contributed by atoms with E-state index in [2.05, 4.69) is 15.1 Å². The molecule has 2 heterocycles. The van der Waals surface area contributed by atoms with E-state index >= 15 is 0 Å². The molecule has 1 N–H and O–H groups in total. The average molecular weight is 349 g/mol. The number of amides is 1. The third kappa shape index (κ3) is 5.76. The summed E-state index contributed by atoms with van der Waals surface area (Å²) >= 11 is 0.